The van der Waals surface area contributed by atoms with Gasteiger partial charge in [0.15, 0.2) is 0 Å². The lowest BCUT2D eigenvalue weighted by molar-refractivity contribution is 0.340. The quantitative estimate of drug-likeness (QED) is 0.660. The van der Waals surface area contributed by atoms with E-state index < -0.39 is 0 Å². The van der Waals surface area contributed by atoms with E-state index in [-0.39, 0.29) is 0 Å². The molecular formula is C15H13IN2O. The topological polar surface area (TPSA) is 26.5 Å². The first-order valence-corrected chi connectivity index (χ1v) is 7.21. The zero-order valence-corrected chi connectivity index (χ0v) is 12.7. The summed E-state index contributed by atoms with van der Waals surface area (Å²) in [7, 11) is 0. The second kappa shape index (κ2) is 5.21. The summed E-state index contributed by atoms with van der Waals surface area (Å²) >= 11 is 2.30. The Hall–Kier alpha value is -1.56. The Bertz CT molecular complexity index is 721. The molecule has 0 amide bonds. The van der Waals surface area contributed by atoms with E-state index in [2.05, 4.69) is 45.9 Å². The molecule has 0 N–H and O–H groups in total. The highest BCUT2D eigenvalue weighted by molar-refractivity contribution is 14.1. The second-order valence-electron chi connectivity index (χ2n) is 4.20. The van der Waals surface area contributed by atoms with Crippen LogP contribution in [-0.2, 0) is 0 Å². The zero-order valence-electron chi connectivity index (χ0n) is 10.5. The Kier molecular flexibility index (Phi) is 3.42. The molecule has 0 aliphatic carbocycles. The van der Waals surface area contributed by atoms with Crippen LogP contribution in [0.1, 0.15) is 6.92 Å². The third-order valence-corrected chi connectivity index (χ3v) is 3.49. The molecule has 0 fully saturated rings. The van der Waals surface area contributed by atoms with Crippen LogP contribution < -0.4 is 4.74 Å². The fourth-order valence-electron chi connectivity index (χ4n) is 2.02. The Balaban J connectivity index is 2.05. The monoisotopic (exact) mass is 360 g/mol. The number of hydrogen-bond donors (Lipinski definition) is 0. The molecule has 0 atom stereocenters. The average molecular weight is 360 g/mol. The van der Waals surface area contributed by atoms with E-state index in [1.807, 2.05) is 41.8 Å². The highest BCUT2D eigenvalue weighted by atomic mass is 123. The minimum absolute atomic E-state index is 0.673. The van der Waals surface area contributed by atoms with Crippen LogP contribution in [0.4, 0.5) is 0 Å². The first kappa shape index (κ1) is 12.5. The van der Waals surface area contributed by atoms with Gasteiger partial charge in [0.05, 0.1) is 12.3 Å². The smallest absolute Gasteiger partial charge is 0.137 e. The van der Waals surface area contributed by atoms with E-state index in [0.29, 0.717) is 6.61 Å². The van der Waals surface area contributed by atoms with Gasteiger partial charge in [0.2, 0.25) is 0 Å². The van der Waals surface area contributed by atoms with Crippen LogP contribution in [0.5, 0.6) is 5.75 Å². The van der Waals surface area contributed by atoms with Crippen LogP contribution in [0.3, 0.4) is 0 Å². The molecule has 0 saturated heterocycles. The average Bonchev–Trinajstić information content (AvgIpc) is 2.82. The molecule has 0 aliphatic heterocycles. The summed E-state index contributed by atoms with van der Waals surface area (Å²) in [4.78, 5) is 4.63. The number of nitrogens with zero attached hydrogens (tertiary/aromatic N) is 2. The molecule has 4 heteroatoms. The van der Waals surface area contributed by atoms with Crippen LogP contribution in [0, 0.1) is 3.57 Å². The van der Waals surface area contributed by atoms with Crippen molar-refractivity contribution in [2.75, 3.05) is 6.61 Å². The van der Waals surface area contributed by atoms with E-state index in [1.54, 1.807) is 0 Å². The maximum Gasteiger partial charge on any atom is 0.137 e. The molecule has 1 aromatic carbocycles. The van der Waals surface area contributed by atoms with Crippen LogP contribution in [-0.4, -0.2) is 16.0 Å². The second-order valence-corrected chi connectivity index (χ2v) is 5.45. The zero-order chi connectivity index (χ0) is 13.2. The van der Waals surface area contributed by atoms with E-state index in [0.717, 1.165) is 22.7 Å². The van der Waals surface area contributed by atoms with Gasteiger partial charge in [-0.1, -0.05) is 12.1 Å². The molecule has 2 heterocycles. The highest BCUT2D eigenvalue weighted by Gasteiger charge is 2.05. The van der Waals surface area contributed by atoms with Crippen LogP contribution in [0.2, 0.25) is 0 Å². The normalized spacial score (nSPS) is 10.8. The summed E-state index contributed by atoms with van der Waals surface area (Å²) < 4.78 is 8.76. The summed E-state index contributed by atoms with van der Waals surface area (Å²) in [5, 5.41) is 0. The van der Waals surface area contributed by atoms with Gasteiger partial charge in [-0.25, -0.2) is 4.98 Å². The largest absolute Gasteiger partial charge is 0.494 e. The van der Waals surface area contributed by atoms with Gasteiger partial charge in [-0.05, 0) is 53.8 Å². The van der Waals surface area contributed by atoms with Gasteiger partial charge in [0.1, 0.15) is 11.4 Å². The fourth-order valence-corrected chi connectivity index (χ4v) is 2.50. The van der Waals surface area contributed by atoms with E-state index in [4.69, 9.17) is 4.74 Å². The van der Waals surface area contributed by atoms with Crippen LogP contribution in [0.25, 0.3) is 16.9 Å². The molecule has 0 aliphatic rings. The summed E-state index contributed by atoms with van der Waals surface area (Å²) in [6.07, 6.45) is 4.11. The molecule has 0 radical (unpaired) electrons. The van der Waals surface area contributed by atoms with Gasteiger partial charge >= 0.3 is 0 Å². The van der Waals surface area contributed by atoms with Gasteiger partial charge in [-0.2, -0.15) is 0 Å². The van der Waals surface area contributed by atoms with E-state index in [9.17, 15) is 0 Å². The number of fused-ring (bicyclic) bond motifs is 1. The SMILES string of the molecule is CCOc1cccc(-c2cn3cc([123I])ccc3n2)c1. The number of benzene rings is 1. The van der Waals surface area contributed by atoms with Crippen molar-refractivity contribution in [1.29, 1.82) is 0 Å². The molecule has 3 nitrogen and oxygen atoms in total. The van der Waals surface area contributed by atoms with Gasteiger partial charge in [0, 0.05) is 21.5 Å². The van der Waals surface area contributed by atoms with Crippen molar-refractivity contribution in [2.45, 2.75) is 6.92 Å². The summed E-state index contributed by atoms with van der Waals surface area (Å²) in [6, 6.07) is 12.1. The predicted molar refractivity (Wildman–Crippen MR) is 84.5 cm³/mol. The number of halogens is 1. The summed E-state index contributed by atoms with van der Waals surface area (Å²) in [6.45, 7) is 2.66. The number of ether oxygens (including phenoxy) is 1. The van der Waals surface area contributed by atoms with Gasteiger partial charge < -0.3 is 9.14 Å². The lowest BCUT2D eigenvalue weighted by Crippen LogP contribution is -1.91. The Morgan fingerprint density at radius 3 is 2.95 bits per heavy atom. The lowest BCUT2D eigenvalue weighted by Gasteiger charge is -2.03. The molecule has 3 aromatic rings. The Morgan fingerprint density at radius 2 is 2.11 bits per heavy atom. The van der Waals surface area contributed by atoms with Crippen molar-refractivity contribution in [2.24, 2.45) is 0 Å². The summed E-state index contributed by atoms with van der Waals surface area (Å²) in [5.41, 5.74) is 2.99. The molecule has 19 heavy (non-hydrogen) atoms. The fraction of sp³-hybridized carbons (Fsp3) is 0.133. The van der Waals surface area contributed by atoms with Crippen molar-refractivity contribution in [3.63, 3.8) is 0 Å². The minimum Gasteiger partial charge on any atom is -0.494 e. The molecule has 0 unspecified atom stereocenters. The third kappa shape index (κ3) is 2.58. The first-order chi connectivity index (χ1) is 9.26. The van der Waals surface area contributed by atoms with E-state index >= 15 is 0 Å². The van der Waals surface area contributed by atoms with Crippen molar-refractivity contribution in [3.8, 4) is 17.0 Å². The van der Waals surface area contributed by atoms with Crippen LogP contribution in [0.15, 0.2) is 48.8 Å². The van der Waals surface area contributed by atoms with Gasteiger partial charge in [0.25, 0.3) is 0 Å². The lowest BCUT2D eigenvalue weighted by atomic mass is 10.1. The molecule has 0 spiro atoms. The predicted octanol–water partition coefficient (Wildman–Crippen LogP) is 4.00. The first-order valence-electron chi connectivity index (χ1n) is 6.14. The number of pyridine rings is 1. The number of rotatable bonds is 3. The highest BCUT2D eigenvalue weighted by Crippen LogP contribution is 2.24. The molecule has 0 bridgehead atoms. The molecule has 0 saturated carbocycles. The van der Waals surface area contributed by atoms with Crippen molar-refractivity contribution >= 4 is 28.2 Å². The maximum atomic E-state index is 5.53. The van der Waals surface area contributed by atoms with E-state index in [1.165, 1.54) is 3.57 Å². The van der Waals surface area contributed by atoms with Gasteiger partial charge in [-0.15, -0.1) is 0 Å². The minimum atomic E-state index is 0.673. The molecule has 3 rings (SSSR count). The standard InChI is InChI=1S/C15H13IN2O/c1-2-19-13-5-3-4-11(8-13)14-10-18-9-12(16)6-7-15(18)17-14/h3-10H,2H2,1H3/i16-4. The molecule has 96 valence electrons. The van der Waals surface area contributed by atoms with Crippen molar-refractivity contribution < 1.29 is 4.74 Å². The van der Waals surface area contributed by atoms with Crippen molar-refractivity contribution in [3.05, 3.63) is 52.4 Å². The number of hydrogen-bond acceptors (Lipinski definition) is 2. The number of imidazole rings is 1. The van der Waals surface area contributed by atoms with Crippen LogP contribution >= 0.6 is 22.6 Å². The third-order valence-electron chi connectivity index (χ3n) is 2.86. The van der Waals surface area contributed by atoms with Crippen molar-refractivity contribution in [1.82, 2.24) is 9.38 Å². The Morgan fingerprint density at radius 1 is 1.21 bits per heavy atom. The maximum absolute atomic E-state index is 5.53. The molecule has 2 aromatic heterocycles. The van der Waals surface area contributed by atoms with Gasteiger partial charge in [-0.3, -0.25) is 0 Å². The Labute approximate surface area is 125 Å². The molecular weight excluding hydrogens is 347 g/mol. The summed E-state index contributed by atoms with van der Waals surface area (Å²) in [5.74, 6) is 0.881. The number of aromatic nitrogens is 2.